The van der Waals surface area contributed by atoms with E-state index in [4.69, 9.17) is 0 Å². The number of amides is 2. The molecule has 0 aromatic heterocycles. The molecule has 0 radical (unpaired) electrons. The van der Waals surface area contributed by atoms with Crippen LogP contribution < -0.4 is 10.2 Å². The van der Waals surface area contributed by atoms with Crippen molar-refractivity contribution in [1.82, 2.24) is 15.1 Å². The summed E-state index contributed by atoms with van der Waals surface area (Å²) in [4.78, 5) is 30.4. The van der Waals surface area contributed by atoms with Crippen molar-refractivity contribution >= 4 is 27.3 Å². The molecule has 3 atom stereocenters. The van der Waals surface area contributed by atoms with Crippen molar-refractivity contribution in [3.05, 3.63) is 23.8 Å². The van der Waals surface area contributed by atoms with Crippen LogP contribution in [0.15, 0.2) is 23.1 Å². The number of rotatable bonds is 6. The number of halogens is 5. The summed E-state index contributed by atoms with van der Waals surface area (Å²) in [6.45, 7) is 8.50. The highest BCUT2D eigenvalue weighted by Crippen LogP contribution is 2.45. The molecule has 3 unspecified atom stereocenters. The smallest absolute Gasteiger partial charge is 0.369 e. The van der Waals surface area contributed by atoms with Crippen LogP contribution in [0.2, 0.25) is 0 Å². The molecule has 4 aliphatic rings. The van der Waals surface area contributed by atoms with Gasteiger partial charge in [-0.1, -0.05) is 0 Å². The van der Waals surface area contributed by atoms with E-state index >= 15 is 0 Å². The van der Waals surface area contributed by atoms with Gasteiger partial charge in [0.05, 0.1) is 40.6 Å². The van der Waals surface area contributed by atoms with E-state index in [0.717, 1.165) is 17.0 Å². The van der Waals surface area contributed by atoms with E-state index in [0.29, 0.717) is 39.0 Å². The van der Waals surface area contributed by atoms with Crippen molar-refractivity contribution in [1.29, 1.82) is 0 Å². The van der Waals surface area contributed by atoms with E-state index in [-0.39, 0.29) is 17.6 Å². The van der Waals surface area contributed by atoms with Crippen LogP contribution in [0.1, 0.15) is 58.9 Å². The van der Waals surface area contributed by atoms with E-state index in [9.17, 15) is 40.0 Å². The molecule has 0 bridgehead atoms. The summed E-state index contributed by atoms with van der Waals surface area (Å²) in [5.74, 6) is -6.81. The molecular formula is C29H39F5N4O4S. The second-order valence-corrected chi connectivity index (χ2v) is 16.0. The maximum absolute atomic E-state index is 14.4. The average Bonchev–Trinajstić information content (AvgIpc) is 3.43. The van der Waals surface area contributed by atoms with Gasteiger partial charge in [0.2, 0.25) is 11.8 Å². The number of nitrogens with one attached hydrogen (secondary N) is 1. The number of benzene rings is 1. The summed E-state index contributed by atoms with van der Waals surface area (Å²) in [6, 6.07) is 3.19. The van der Waals surface area contributed by atoms with Crippen LogP contribution in [-0.2, 0) is 25.6 Å². The minimum atomic E-state index is -4.99. The molecule has 2 saturated heterocycles. The molecule has 2 amide bonds. The molecule has 2 aliphatic heterocycles. The summed E-state index contributed by atoms with van der Waals surface area (Å²) in [7, 11) is -4.67. The fourth-order valence-corrected chi connectivity index (χ4v) is 8.43. The number of nitrogens with zero attached hydrogens (tertiary/aromatic N) is 3. The Morgan fingerprint density at radius 3 is 2.05 bits per heavy atom. The number of likely N-dealkylation sites (tertiary alicyclic amines) is 1. The normalized spacial score (nSPS) is 27.5. The van der Waals surface area contributed by atoms with E-state index in [1.165, 1.54) is 6.07 Å². The van der Waals surface area contributed by atoms with Crippen LogP contribution in [-0.4, -0.2) is 91.6 Å². The second-order valence-electron chi connectivity index (χ2n) is 13.8. The zero-order valence-electron chi connectivity index (χ0n) is 24.8. The van der Waals surface area contributed by atoms with E-state index < -0.39 is 86.3 Å². The van der Waals surface area contributed by atoms with Gasteiger partial charge in [0.15, 0.2) is 9.84 Å². The molecule has 0 spiro atoms. The predicted octanol–water partition coefficient (Wildman–Crippen LogP) is 3.94. The molecule has 8 nitrogen and oxygen atoms in total. The predicted molar refractivity (Wildman–Crippen MR) is 149 cm³/mol. The number of alkyl halides is 5. The van der Waals surface area contributed by atoms with Gasteiger partial charge in [0.25, 0.3) is 5.92 Å². The Kier molecular flexibility index (Phi) is 7.84. The topological polar surface area (TPSA) is 90.0 Å². The minimum Gasteiger partial charge on any atom is -0.369 e. The molecule has 14 heteroatoms. The van der Waals surface area contributed by atoms with Crippen molar-refractivity contribution in [3.8, 4) is 0 Å². The van der Waals surface area contributed by atoms with Gasteiger partial charge in [-0.25, -0.2) is 17.2 Å². The monoisotopic (exact) mass is 634 g/mol. The zero-order valence-corrected chi connectivity index (χ0v) is 25.6. The Bertz CT molecular complexity index is 1370. The third-order valence-electron chi connectivity index (χ3n) is 9.36. The van der Waals surface area contributed by atoms with E-state index in [1.807, 2.05) is 0 Å². The number of hydrogen-bond donors (Lipinski definition) is 1. The molecule has 1 aromatic rings. The van der Waals surface area contributed by atoms with Gasteiger partial charge < -0.3 is 15.1 Å². The Balaban J connectivity index is 1.41. The third-order valence-corrected chi connectivity index (χ3v) is 11.6. The number of hydrogen-bond acceptors (Lipinski definition) is 6. The summed E-state index contributed by atoms with van der Waals surface area (Å²) in [6.07, 6.45) is -4.40. The number of anilines is 1. The second kappa shape index (κ2) is 10.6. The summed E-state index contributed by atoms with van der Waals surface area (Å²) in [5.41, 5.74) is -1.63. The lowest BCUT2D eigenvalue weighted by atomic mass is 9.92. The van der Waals surface area contributed by atoms with Gasteiger partial charge in [-0.2, -0.15) is 13.2 Å². The SMILES string of the molecule is CC1(NC(=O)C2CC(S(=O)(=O)c3ccc(N4CCN(C(C)(C)C)CC4)cc3C(F)(F)F)CC2C(=O)N2CC(F)(F)C2)CC1. The fourth-order valence-electron chi connectivity index (χ4n) is 6.41. The van der Waals surface area contributed by atoms with Crippen molar-refractivity contribution in [2.75, 3.05) is 44.2 Å². The first-order valence-electron chi connectivity index (χ1n) is 14.6. The molecular weight excluding hydrogens is 595 g/mol. The van der Waals surface area contributed by atoms with Crippen molar-refractivity contribution in [3.63, 3.8) is 0 Å². The molecule has 2 heterocycles. The minimum absolute atomic E-state index is 0.0939. The Morgan fingerprint density at radius 1 is 0.953 bits per heavy atom. The van der Waals surface area contributed by atoms with Gasteiger partial charge in [0.1, 0.15) is 0 Å². The van der Waals surface area contributed by atoms with Crippen LogP contribution >= 0.6 is 0 Å². The lowest BCUT2D eigenvalue weighted by Gasteiger charge is -2.43. The molecule has 5 rings (SSSR count). The maximum atomic E-state index is 14.4. The van der Waals surface area contributed by atoms with Crippen molar-refractivity contribution in [2.24, 2.45) is 11.8 Å². The summed E-state index contributed by atoms with van der Waals surface area (Å²) < 4.78 is 97.9. The van der Waals surface area contributed by atoms with Gasteiger partial charge in [-0.3, -0.25) is 14.5 Å². The summed E-state index contributed by atoms with van der Waals surface area (Å²) in [5, 5.41) is 1.35. The highest BCUT2D eigenvalue weighted by atomic mass is 32.2. The highest BCUT2D eigenvalue weighted by Gasteiger charge is 2.55. The Morgan fingerprint density at radius 2 is 1.53 bits per heavy atom. The van der Waals surface area contributed by atoms with Gasteiger partial charge in [-0.15, -0.1) is 0 Å². The highest BCUT2D eigenvalue weighted by molar-refractivity contribution is 7.92. The van der Waals surface area contributed by atoms with Crippen LogP contribution in [0, 0.1) is 11.8 Å². The van der Waals surface area contributed by atoms with Crippen molar-refractivity contribution < 1.29 is 40.0 Å². The van der Waals surface area contributed by atoms with Crippen molar-refractivity contribution in [2.45, 2.75) is 86.7 Å². The van der Waals surface area contributed by atoms with Crippen LogP contribution in [0.3, 0.4) is 0 Å². The largest absolute Gasteiger partial charge is 0.417 e. The first-order valence-corrected chi connectivity index (χ1v) is 16.2. The average molecular weight is 635 g/mol. The molecule has 4 fully saturated rings. The molecule has 1 aromatic carbocycles. The Hall–Kier alpha value is -2.48. The molecule has 1 N–H and O–H groups in total. The maximum Gasteiger partial charge on any atom is 0.417 e. The fraction of sp³-hybridized carbons (Fsp3) is 0.724. The van der Waals surface area contributed by atoms with Crippen LogP contribution in [0.4, 0.5) is 27.6 Å². The first kappa shape index (κ1) is 31.9. The molecule has 43 heavy (non-hydrogen) atoms. The van der Waals surface area contributed by atoms with Gasteiger partial charge >= 0.3 is 6.18 Å². The molecule has 2 saturated carbocycles. The Labute approximate surface area is 248 Å². The lowest BCUT2D eigenvalue weighted by Crippen LogP contribution is -2.60. The quantitative estimate of drug-likeness (QED) is 0.477. The molecule has 240 valence electrons. The number of sulfone groups is 1. The first-order chi connectivity index (χ1) is 19.7. The lowest BCUT2D eigenvalue weighted by molar-refractivity contribution is -0.171. The van der Waals surface area contributed by atoms with Crippen LogP contribution in [0.5, 0.6) is 0 Å². The zero-order chi connectivity index (χ0) is 31.8. The number of carbonyl (C=O) groups is 2. The molecule has 2 aliphatic carbocycles. The number of carbonyl (C=O) groups excluding carboxylic acids is 2. The van der Waals surface area contributed by atoms with Crippen LogP contribution in [0.25, 0.3) is 0 Å². The van der Waals surface area contributed by atoms with Gasteiger partial charge in [0, 0.05) is 42.9 Å². The standard InChI is InChI=1S/C29H39F5N4O4S/c1-26(2,3)38-11-9-36(10-12-38)18-5-6-23(22(13-18)29(32,33)34)43(41,42)19-14-20(24(39)35-27(4)7-8-27)21(15-19)25(40)37-16-28(30,31)17-37/h5-6,13,19-21H,7-12,14-17H2,1-4H3,(H,35,39). The third kappa shape index (κ3) is 6.50. The number of piperazine rings is 1. The van der Waals surface area contributed by atoms with Gasteiger partial charge in [-0.05, 0) is 71.6 Å². The summed E-state index contributed by atoms with van der Waals surface area (Å²) >= 11 is 0. The van der Waals surface area contributed by atoms with E-state index in [1.54, 1.807) is 11.8 Å². The van der Waals surface area contributed by atoms with E-state index in [2.05, 4.69) is 31.0 Å².